The molecule has 0 aliphatic rings. The highest BCUT2D eigenvalue weighted by molar-refractivity contribution is 6.34. The van der Waals surface area contributed by atoms with E-state index in [9.17, 15) is 0 Å². The Morgan fingerprint density at radius 3 is 2.10 bits per heavy atom. The van der Waals surface area contributed by atoms with E-state index in [2.05, 4.69) is 26.0 Å². The number of hydrogen-bond acceptors (Lipinski definition) is 2. The Morgan fingerprint density at radius 1 is 0.952 bits per heavy atom. The molecular weight excluding hydrogens is 307 g/mol. The van der Waals surface area contributed by atoms with Crippen molar-refractivity contribution in [2.24, 2.45) is 0 Å². The van der Waals surface area contributed by atoms with Gasteiger partial charge < -0.3 is 9.47 Å². The number of ether oxygens (including phenoxy) is 2. The maximum absolute atomic E-state index is 6.71. The van der Waals surface area contributed by atoms with Crippen molar-refractivity contribution >= 4 is 23.2 Å². The molecule has 21 heavy (non-hydrogen) atoms. The number of aryl methyl sites for hydroxylation is 2. The van der Waals surface area contributed by atoms with Gasteiger partial charge >= 0.3 is 0 Å². The van der Waals surface area contributed by atoms with E-state index in [0.717, 1.165) is 22.3 Å². The lowest BCUT2D eigenvalue weighted by atomic mass is 9.95. The second-order valence-corrected chi connectivity index (χ2v) is 5.69. The van der Waals surface area contributed by atoms with Crippen LogP contribution < -0.4 is 9.47 Å². The van der Waals surface area contributed by atoms with Gasteiger partial charge in [-0.25, -0.2) is 0 Å². The molecule has 0 N–H and O–H groups in total. The smallest absolute Gasteiger partial charge is 0.146 e. The number of halogens is 2. The van der Waals surface area contributed by atoms with Gasteiger partial charge in [-0.3, -0.25) is 0 Å². The van der Waals surface area contributed by atoms with Crippen molar-refractivity contribution < 1.29 is 9.47 Å². The first-order valence-corrected chi connectivity index (χ1v) is 7.43. The molecule has 0 saturated heterocycles. The SMILES string of the molecule is COc1ccc(C(Cl)c2c(C)cccc2C)c(OC)c1Cl. The summed E-state index contributed by atoms with van der Waals surface area (Å²) in [4.78, 5) is 0. The van der Waals surface area contributed by atoms with Crippen molar-refractivity contribution in [3.05, 3.63) is 57.6 Å². The molecule has 2 aromatic carbocycles. The highest BCUT2D eigenvalue weighted by Crippen LogP contribution is 2.44. The summed E-state index contributed by atoms with van der Waals surface area (Å²) in [7, 11) is 3.16. The zero-order valence-electron chi connectivity index (χ0n) is 12.5. The Hall–Kier alpha value is -1.38. The van der Waals surface area contributed by atoms with Gasteiger partial charge in [-0.15, -0.1) is 11.6 Å². The van der Waals surface area contributed by atoms with E-state index in [1.165, 1.54) is 0 Å². The molecule has 0 aromatic heterocycles. The van der Waals surface area contributed by atoms with E-state index < -0.39 is 0 Å². The molecular formula is C17H18Cl2O2. The largest absolute Gasteiger partial charge is 0.495 e. The van der Waals surface area contributed by atoms with Crippen LogP contribution in [0, 0.1) is 13.8 Å². The lowest BCUT2D eigenvalue weighted by Gasteiger charge is -2.20. The lowest BCUT2D eigenvalue weighted by molar-refractivity contribution is 0.392. The van der Waals surface area contributed by atoms with Crippen LogP contribution in [-0.2, 0) is 0 Å². The van der Waals surface area contributed by atoms with Crippen LogP contribution in [0.5, 0.6) is 11.5 Å². The molecule has 0 heterocycles. The summed E-state index contributed by atoms with van der Waals surface area (Å²) < 4.78 is 10.7. The van der Waals surface area contributed by atoms with Gasteiger partial charge in [-0.05, 0) is 42.7 Å². The molecule has 112 valence electrons. The van der Waals surface area contributed by atoms with E-state index in [1.54, 1.807) is 14.2 Å². The van der Waals surface area contributed by atoms with E-state index in [4.69, 9.17) is 32.7 Å². The first-order valence-electron chi connectivity index (χ1n) is 6.61. The molecule has 0 aliphatic heterocycles. The first kappa shape index (κ1) is 16.0. The molecule has 0 fully saturated rings. The Bertz CT molecular complexity index is 633. The van der Waals surface area contributed by atoms with Gasteiger partial charge in [0.15, 0.2) is 0 Å². The Balaban J connectivity index is 2.59. The molecule has 2 rings (SSSR count). The first-order chi connectivity index (χ1) is 10.0. The second kappa shape index (κ2) is 6.59. The van der Waals surface area contributed by atoms with Crippen LogP contribution >= 0.6 is 23.2 Å². The number of rotatable bonds is 4. The predicted molar refractivity (Wildman–Crippen MR) is 88.2 cm³/mol. The third-order valence-corrected chi connectivity index (χ3v) is 4.40. The highest BCUT2D eigenvalue weighted by atomic mass is 35.5. The maximum atomic E-state index is 6.71. The summed E-state index contributed by atoms with van der Waals surface area (Å²) in [6.45, 7) is 4.10. The van der Waals surface area contributed by atoms with Crippen molar-refractivity contribution in [2.45, 2.75) is 19.2 Å². The minimum absolute atomic E-state index is 0.329. The Morgan fingerprint density at radius 2 is 1.57 bits per heavy atom. The quantitative estimate of drug-likeness (QED) is 0.710. The van der Waals surface area contributed by atoms with Gasteiger partial charge in [0.2, 0.25) is 0 Å². The molecule has 0 spiro atoms. The van der Waals surface area contributed by atoms with E-state index in [-0.39, 0.29) is 5.38 Å². The van der Waals surface area contributed by atoms with Crippen LogP contribution in [0.15, 0.2) is 30.3 Å². The summed E-state index contributed by atoms with van der Waals surface area (Å²) >= 11 is 13.0. The monoisotopic (exact) mass is 324 g/mol. The molecule has 4 heteroatoms. The van der Waals surface area contributed by atoms with Crippen LogP contribution in [0.2, 0.25) is 5.02 Å². The standard InChI is InChI=1S/C17H18Cl2O2/c1-10-6-5-7-11(2)14(10)15(18)12-8-9-13(20-3)16(19)17(12)21-4/h5-9,15H,1-4H3. The van der Waals surface area contributed by atoms with Gasteiger partial charge in [0.25, 0.3) is 0 Å². The zero-order valence-corrected chi connectivity index (χ0v) is 14.0. The molecule has 2 aromatic rings. The number of methoxy groups -OCH3 is 2. The molecule has 0 amide bonds. The van der Waals surface area contributed by atoms with E-state index >= 15 is 0 Å². The van der Waals surface area contributed by atoms with Gasteiger partial charge in [-0.1, -0.05) is 29.8 Å². The van der Waals surface area contributed by atoms with Crippen molar-refractivity contribution in [1.29, 1.82) is 0 Å². The lowest BCUT2D eigenvalue weighted by Crippen LogP contribution is -2.03. The Labute approximate surface area is 135 Å². The number of hydrogen-bond donors (Lipinski definition) is 0. The average Bonchev–Trinajstić information content (AvgIpc) is 2.46. The van der Waals surface area contributed by atoms with Crippen LogP contribution in [0.1, 0.15) is 27.6 Å². The summed E-state index contributed by atoms with van der Waals surface area (Å²) in [6, 6.07) is 9.83. The van der Waals surface area contributed by atoms with Crippen molar-refractivity contribution in [3.8, 4) is 11.5 Å². The van der Waals surface area contributed by atoms with Crippen LogP contribution in [0.4, 0.5) is 0 Å². The Kier molecular flexibility index (Phi) is 5.02. The maximum Gasteiger partial charge on any atom is 0.146 e. The molecule has 0 aliphatic carbocycles. The van der Waals surface area contributed by atoms with Crippen LogP contribution in [-0.4, -0.2) is 14.2 Å². The normalized spacial score (nSPS) is 12.1. The van der Waals surface area contributed by atoms with Gasteiger partial charge in [0.05, 0.1) is 19.6 Å². The minimum Gasteiger partial charge on any atom is -0.495 e. The van der Waals surface area contributed by atoms with Crippen molar-refractivity contribution in [3.63, 3.8) is 0 Å². The molecule has 1 atom stereocenters. The molecule has 2 nitrogen and oxygen atoms in total. The third-order valence-electron chi connectivity index (χ3n) is 3.58. The van der Waals surface area contributed by atoms with Crippen molar-refractivity contribution in [1.82, 2.24) is 0 Å². The zero-order chi connectivity index (χ0) is 15.6. The van der Waals surface area contributed by atoms with Crippen molar-refractivity contribution in [2.75, 3.05) is 14.2 Å². The van der Waals surface area contributed by atoms with Gasteiger partial charge in [-0.2, -0.15) is 0 Å². The van der Waals surface area contributed by atoms with Gasteiger partial charge in [0.1, 0.15) is 16.5 Å². The number of alkyl halides is 1. The topological polar surface area (TPSA) is 18.5 Å². The summed E-state index contributed by atoms with van der Waals surface area (Å²) in [5.74, 6) is 1.13. The molecule has 0 bridgehead atoms. The molecule has 0 saturated carbocycles. The summed E-state index contributed by atoms with van der Waals surface area (Å²) in [5, 5.41) is 0.110. The number of benzene rings is 2. The van der Waals surface area contributed by atoms with Gasteiger partial charge in [0, 0.05) is 5.56 Å². The summed E-state index contributed by atoms with van der Waals surface area (Å²) in [6.07, 6.45) is 0. The summed E-state index contributed by atoms with van der Waals surface area (Å²) in [5.41, 5.74) is 4.20. The van der Waals surface area contributed by atoms with Crippen LogP contribution in [0.3, 0.4) is 0 Å². The highest BCUT2D eigenvalue weighted by Gasteiger charge is 2.22. The van der Waals surface area contributed by atoms with Crippen LogP contribution in [0.25, 0.3) is 0 Å². The van der Waals surface area contributed by atoms with E-state index in [1.807, 2.05) is 18.2 Å². The minimum atomic E-state index is -0.329. The fourth-order valence-corrected chi connectivity index (χ4v) is 3.34. The molecule has 0 radical (unpaired) electrons. The predicted octanol–water partition coefficient (Wildman–Crippen LogP) is 5.30. The fraction of sp³-hybridized carbons (Fsp3) is 0.294. The fourth-order valence-electron chi connectivity index (χ4n) is 2.50. The third kappa shape index (κ3) is 2.97. The molecule has 1 unspecified atom stereocenters. The van der Waals surface area contributed by atoms with E-state index in [0.29, 0.717) is 16.5 Å². The second-order valence-electron chi connectivity index (χ2n) is 4.87. The average molecular weight is 325 g/mol.